The summed E-state index contributed by atoms with van der Waals surface area (Å²) in [5.74, 6) is 0.458. The predicted octanol–water partition coefficient (Wildman–Crippen LogP) is 0.541. The molecule has 1 aromatic heterocycles. The van der Waals surface area contributed by atoms with E-state index in [4.69, 9.17) is 5.73 Å². The van der Waals surface area contributed by atoms with Crippen molar-refractivity contribution >= 4 is 26.5 Å². The molecule has 16 heavy (non-hydrogen) atoms. The summed E-state index contributed by atoms with van der Waals surface area (Å²) < 4.78 is 25.7. The Kier molecular flexibility index (Phi) is 3.13. The van der Waals surface area contributed by atoms with Crippen LogP contribution in [-0.2, 0) is 10.0 Å². The molecule has 8 heteroatoms. The molecule has 1 aromatic rings. The fourth-order valence-electron chi connectivity index (χ4n) is 1.78. The number of hydrogen-bond donors (Lipinski definition) is 1. The molecule has 0 spiro atoms. The first kappa shape index (κ1) is 11.7. The Morgan fingerprint density at radius 2 is 2.31 bits per heavy atom. The quantitative estimate of drug-likeness (QED) is 0.858. The van der Waals surface area contributed by atoms with Gasteiger partial charge in [-0.25, -0.2) is 8.42 Å². The van der Waals surface area contributed by atoms with Gasteiger partial charge in [0.2, 0.25) is 9.47 Å². The summed E-state index contributed by atoms with van der Waals surface area (Å²) in [5, 5.41) is 7.32. The van der Waals surface area contributed by atoms with Gasteiger partial charge in [0.25, 0.3) is 10.0 Å². The summed E-state index contributed by atoms with van der Waals surface area (Å²) in [7, 11) is -3.46. The standard InChI is InChI=1S/C8H14N4O2S2/c1-2-6-3-4-12(5-6)16(13,14)8-11-10-7(9)15-8/h6H,2-5H2,1H3,(H2,9,10). The van der Waals surface area contributed by atoms with E-state index in [1.54, 1.807) is 0 Å². The number of nitrogen functional groups attached to an aromatic ring is 1. The van der Waals surface area contributed by atoms with E-state index in [9.17, 15) is 8.42 Å². The lowest BCUT2D eigenvalue weighted by Gasteiger charge is -2.13. The summed E-state index contributed by atoms with van der Waals surface area (Å²) in [6.45, 7) is 3.22. The highest BCUT2D eigenvalue weighted by Gasteiger charge is 2.34. The molecule has 0 aliphatic carbocycles. The van der Waals surface area contributed by atoms with E-state index in [1.807, 2.05) is 0 Å². The lowest BCUT2D eigenvalue weighted by molar-refractivity contribution is 0.452. The fraction of sp³-hybridized carbons (Fsp3) is 0.750. The molecule has 2 rings (SSSR count). The topological polar surface area (TPSA) is 89.2 Å². The van der Waals surface area contributed by atoms with Crippen molar-refractivity contribution in [2.75, 3.05) is 18.8 Å². The van der Waals surface area contributed by atoms with E-state index in [0.717, 1.165) is 24.2 Å². The second-order valence-corrected chi connectivity index (χ2v) is 6.95. The molecule has 90 valence electrons. The third kappa shape index (κ3) is 2.04. The zero-order valence-electron chi connectivity index (χ0n) is 8.96. The van der Waals surface area contributed by atoms with E-state index in [1.165, 1.54) is 4.31 Å². The number of nitrogens with zero attached hydrogens (tertiary/aromatic N) is 3. The number of hydrogen-bond acceptors (Lipinski definition) is 6. The van der Waals surface area contributed by atoms with Crippen LogP contribution in [0.3, 0.4) is 0 Å². The van der Waals surface area contributed by atoms with Crippen molar-refractivity contribution in [3.05, 3.63) is 0 Å². The molecule has 0 radical (unpaired) electrons. The number of aromatic nitrogens is 2. The lowest BCUT2D eigenvalue weighted by Crippen LogP contribution is -2.28. The molecule has 2 N–H and O–H groups in total. The molecule has 6 nitrogen and oxygen atoms in total. The van der Waals surface area contributed by atoms with Gasteiger partial charge in [-0.2, -0.15) is 4.31 Å². The molecule has 0 bridgehead atoms. The predicted molar refractivity (Wildman–Crippen MR) is 61.5 cm³/mol. The average molecular weight is 262 g/mol. The van der Waals surface area contributed by atoms with Gasteiger partial charge >= 0.3 is 0 Å². The van der Waals surface area contributed by atoms with Crippen LogP contribution in [-0.4, -0.2) is 36.0 Å². The average Bonchev–Trinajstić information content (AvgIpc) is 2.85. The number of anilines is 1. The molecule has 1 saturated heterocycles. The van der Waals surface area contributed by atoms with Crippen molar-refractivity contribution in [1.82, 2.24) is 14.5 Å². The van der Waals surface area contributed by atoms with Crippen molar-refractivity contribution in [1.29, 1.82) is 0 Å². The fourth-order valence-corrected chi connectivity index (χ4v) is 4.24. The molecule has 1 fully saturated rings. The SMILES string of the molecule is CCC1CCN(S(=O)(=O)c2nnc(N)s2)C1. The lowest BCUT2D eigenvalue weighted by atomic mass is 10.1. The summed E-state index contributed by atoms with van der Waals surface area (Å²) in [5.41, 5.74) is 5.39. The highest BCUT2D eigenvalue weighted by molar-refractivity contribution is 7.91. The van der Waals surface area contributed by atoms with Crippen LogP contribution < -0.4 is 5.73 Å². The Morgan fingerprint density at radius 3 is 2.81 bits per heavy atom. The highest BCUT2D eigenvalue weighted by atomic mass is 32.2. The van der Waals surface area contributed by atoms with Crippen molar-refractivity contribution in [2.24, 2.45) is 5.92 Å². The first-order valence-electron chi connectivity index (χ1n) is 5.13. The second kappa shape index (κ2) is 4.27. The van der Waals surface area contributed by atoms with Crippen LogP contribution >= 0.6 is 11.3 Å². The summed E-state index contributed by atoms with van der Waals surface area (Å²) >= 11 is 0.916. The first-order chi connectivity index (χ1) is 7.54. The highest BCUT2D eigenvalue weighted by Crippen LogP contribution is 2.27. The minimum atomic E-state index is -3.46. The monoisotopic (exact) mass is 262 g/mol. The Balaban J connectivity index is 2.21. The maximum Gasteiger partial charge on any atom is 0.272 e. The first-order valence-corrected chi connectivity index (χ1v) is 7.39. The second-order valence-electron chi connectivity index (χ2n) is 3.83. The zero-order chi connectivity index (χ0) is 11.8. The normalized spacial score (nSPS) is 22.7. The largest absolute Gasteiger partial charge is 0.374 e. The third-order valence-electron chi connectivity index (χ3n) is 2.81. The van der Waals surface area contributed by atoms with Crippen LogP contribution in [0.25, 0.3) is 0 Å². The Morgan fingerprint density at radius 1 is 1.56 bits per heavy atom. The maximum atomic E-state index is 12.1. The van der Waals surface area contributed by atoms with Crippen LogP contribution in [0, 0.1) is 5.92 Å². The van der Waals surface area contributed by atoms with Gasteiger partial charge in [0, 0.05) is 13.1 Å². The van der Waals surface area contributed by atoms with E-state index in [-0.39, 0.29) is 9.47 Å². The molecule has 0 saturated carbocycles. The van der Waals surface area contributed by atoms with E-state index < -0.39 is 10.0 Å². The van der Waals surface area contributed by atoms with Crippen LogP contribution in [0.4, 0.5) is 5.13 Å². The van der Waals surface area contributed by atoms with Crippen LogP contribution in [0.15, 0.2) is 4.34 Å². The van der Waals surface area contributed by atoms with Gasteiger partial charge in [-0.3, -0.25) is 0 Å². The van der Waals surface area contributed by atoms with Crippen LogP contribution in [0.5, 0.6) is 0 Å². The Labute approximate surface area is 98.5 Å². The van der Waals surface area contributed by atoms with Gasteiger partial charge in [0.15, 0.2) is 0 Å². The van der Waals surface area contributed by atoms with Gasteiger partial charge < -0.3 is 5.73 Å². The molecular weight excluding hydrogens is 248 g/mol. The maximum absolute atomic E-state index is 12.1. The molecule has 0 amide bonds. The number of nitrogens with two attached hydrogens (primary N) is 1. The number of rotatable bonds is 3. The Bertz CT molecular complexity index is 470. The van der Waals surface area contributed by atoms with Gasteiger partial charge in [-0.1, -0.05) is 24.7 Å². The van der Waals surface area contributed by atoms with E-state index in [0.29, 0.717) is 19.0 Å². The van der Waals surface area contributed by atoms with Crippen LogP contribution in [0.1, 0.15) is 19.8 Å². The van der Waals surface area contributed by atoms with Crippen molar-refractivity contribution < 1.29 is 8.42 Å². The van der Waals surface area contributed by atoms with Gasteiger partial charge in [-0.15, -0.1) is 10.2 Å². The zero-order valence-corrected chi connectivity index (χ0v) is 10.6. The molecule has 1 unspecified atom stereocenters. The molecular formula is C8H14N4O2S2. The summed E-state index contributed by atoms with van der Waals surface area (Å²) in [4.78, 5) is 0. The van der Waals surface area contributed by atoms with Crippen LogP contribution in [0.2, 0.25) is 0 Å². The summed E-state index contributed by atoms with van der Waals surface area (Å²) in [6.07, 6.45) is 1.92. The van der Waals surface area contributed by atoms with Gasteiger partial charge in [0.05, 0.1) is 0 Å². The van der Waals surface area contributed by atoms with Gasteiger partial charge in [0.1, 0.15) is 0 Å². The molecule has 0 aromatic carbocycles. The molecule has 2 heterocycles. The van der Waals surface area contributed by atoms with E-state index >= 15 is 0 Å². The molecule has 1 aliphatic rings. The third-order valence-corrected chi connectivity index (χ3v) is 5.77. The molecule has 1 aliphatic heterocycles. The van der Waals surface area contributed by atoms with Crippen molar-refractivity contribution in [3.8, 4) is 0 Å². The summed E-state index contributed by atoms with van der Waals surface area (Å²) in [6, 6.07) is 0. The minimum Gasteiger partial charge on any atom is -0.374 e. The smallest absolute Gasteiger partial charge is 0.272 e. The minimum absolute atomic E-state index is 0.00162. The van der Waals surface area contributed by atoms with E-state index in [2.05, 4.69) is 17.1 Å². The Hall–Kier alpha value is -0.730. The van der Waals surface area contributed by atoms with Gasteiger partial charge in [-0.05, 0) is 12.3 Å². The van der Waals surface area contributed by atoms with Crippen molar-refractivity contribution in [2.45, 2.75) is 24.1 Å². The number of sulfonamides is 1. The molecule has 1 atom stereocenters. The van der Waals surface area contributed by atoms with Crippen molar-refractivity contribution in [3.63, 3.8) is 0 Å².